The maximum absolute atomic E-state index is 13.6. The first-order valence-corrected chi connectivity index (χ1v) is 11.6. The molecular formula is C28H30FNO4. The summed E-state index contributed by atoms with van der Waals surface area (Å²) < 4.78 is 29.8. The van der Waals surface area contributed by atoms with Crippen molar-refractivity contribution < 1.29 is 23.4 Å². The quantitative estimate of drug-likeness (QED) is 0.390. The molecule has 1 saturated carbocycles. The number of methoxy groups -OCH3 is 2. The molecule has 5 nitrogen and oxygen atoms in total. The van der Waals surface area contributed by atoms with Gasteiger partial charge < -0.3 is 19.1 Å². The van der Waals surface area contributed by atoms with E-state index in [4.69, 9.17) is 14.2 Å². The molecular weight excluding hydrogens is 433 g/mol. The molecule has 0 aromatic heterocycles. The minimum absolute atomic E-state index is 0.0227. The summed E-state index contributed by atoms with van der Waals surface area (Å²) in [5, 5.41) is 0. The lowest BCUT2D eigenvalue weighted by Gasteiger charge is -2.29. The fraction of sp³-hybridized carbons (Fsp3) is 0.321. The van der Waals surface area contributed by atoms with E-state index in [2.05, 4.69) is 0 Å². The molecule has 0 N–H and O–H groups in total. The zero-order valence-corrected chi connectivity index (χ0v) is 19.6. The largest absolute Gasteiger partial charge is 0.493 e. The molecule has 178 valence electrons. The summed E-state index contributed by atoms with van der Waals surface area (Å²) in [4.78, 5) is 15.6. The predicted octanol–water partition coefficient (Wildman–Crippen LogP) is 6.01. The zero-order chi connectivity index (χ0) is 23.9. The van der Waals surface area contributed by atoms with Crippen LogP contribution in [0.3, 0.4) is 0 Å². The number of hydrogen-bond donors (Lipinski definition) is 0. The van der Waals surface area contributed by atoms with Crippen molar-refractivity contribution in [2.45, 2.75) is 44.9 Å². The number of rotatable bonds is 9. The molecule has 0 radical (unpaired) electrons. The number of benzene rings is 3. The highest BCUT2D eigenvalue weighted by Gasteiger charge is 2.28. The summed E-state index contributed by atoms with van der Waals surface area (Å²) in [6.45, 7) is 0.840. The van der Waals surface area contributed by atoms with Crippen molar-refractivity contribution in [3.63, 3.8) is 0 Å². The Hall–Kier alpha value is -3.54. The van der Waals surface area contributed by atoms with Crippen LogP contribution in [0.4, 0.5) is 4.39 Å². The standard InChI is InChI=1S/C28H30FNO4/c1-32-26-15-12-22(17-27(26)33-2)28(31)30(24-7-3-4-8-24)18-21-6-5-9-25(16-21)34-19-20-10-13-23(29)14-11-20/h5-6,9-17,24H,3-4,7-8,18-19H2,1-2H3. The van der Waals surface area contributed by atoms with Crippen LogP contribution in [0.5, 0.6) is 17.2 Å². The number of amides is 1. The summed E-state index contributed by atoms with van der Waals surface area (Å²) in [5.74, 6) is 1.56. The molecule has 34 heavy (non-hydrogen) atoms. The third kappa shape index (κ3) is 5.68. The SMILES string of the molecule is COc1ccc(C(=O)N(Cc2cccc(OCc3ccc(F)cc3)c2)C2CCCC2)cc1OC. The lowest BCUT2D eigenvalue weighted by Crippen LogP contribution is -2.38. The van der Waals surface area contributed by atoms with Crippen molar-refractivity contribution in [1.29, 1.82) is 0 Å². The number of nitrogens with zero attached hydrogens (tertiary/aromatic N) is 1. The van der Waals surface area contributed by atoms with E-state index in [-0.39, 0.29) is 17.8 Å². The van der Waals surface area contributed by atoms with Gasteiger partial charge in [0.25, 0.3) is 5.91 Å². The number of halogens is 1. The van der Waals surface area contributed by atoms with E-state index >= 15 is 0 Å². The third-order valence-corrected chi connectivity index (χ3v) is 6.23. The van der Waals surface area contributed by atoms with E-state index in [9.17, 15) is 9.18 Å². The highest BCUT2D eigenvalue weighted by molar-refractivity contribution is 5.95. The molecule has 1 aliphatic rings. The number of carbonyl (C=O) groups is 1. The zero-order valence-electron chi connectivity index (χ0n) is 19.6. The van der Waals surface area contributed by atoms with Gasteiger partial charge in [-0.05, 0) is 66.4 Å². The summed E-state index contributed by atoms with van der Waals surface area (Å²) in [5.41, 5.74) is 2.47. The fourth-order valence-corrected chi connectivity index (χ4v) is 4.40. The van der Waals surface area contributed by atoms with E-state index in [0.29, 0.717) is 36.0 Å². The van der Waals surface area contributed by atoms with Crippen molar-refractivity contribution in [2.24, 2.45) is 0 Å². The smallest absolute Gasteiger partial charge is 0.254 e. The van der Waals surface area contributed by atoms with Crippen molar-refractivity contribution in [1.82, 2.24) is 4.90 Å². The van der Waals surface area contributed by atoms with Gasteiger partial charge in [0.15, 0.2) is 11.5 Å². The molecule has 0 bridgehead atoms. The van der Waals surface area contributed by atoms with E-state index in [1.54, 1.807) is 44.6 Å². The van der Waals surface area contributed by atoms with E-state index in [0.717, 1.165) is 36.8 Å². The molecule has 1 fully saturated rings. The average molecular weight is 464 g/mol. The second-order valence-corrected chi connectivity index (χ2v) is 8.50. The van der Waals surface area contributed by atoms with Gasteiger partial charge in [-0.25, -0.2) is 4.39 Å². The Morgan fingerprint density at radius 2 is 1.65 bits per heavy atom. The molecule has 0 unspecified atom stereocenters. The van der Waals surface area contributed by atoms with Crippen molar-refractivity contribution in [3.8, 4) is 17.2 Å². The maximum Gasteiger partial charge on any atom is 0.254 e. The molecule has 3 aromatic rings. The monoisotopic (exact) mass is 463 g/mol. The van der Waals surface area contributed by atoms with Crippen LogP contribution in [-0.2, 0) is 13.2 Å². The van der Waals surface area contributed by atoms with Crippen LogP contribution in [0, 0.1) is 5.82 Å². The minimum atomic E-state index is -0.267. The van der Waals surface area contributed by atoms with Gasteiger partial charge in [0.2, 0.25) is 0 Å². The Bertz CT molecular complexity index is 1110. The lowest BCUT2D eigenvalue weighted by atomic mass is 10.1. The molecule has 0 aliphatic heterocycles. The van der Waals surface area contributed by atoms with Gasteiger partial charge in [0.1, 0.15) is 18.2 Å². The lowest BCUT2D eigenvalue weighted by molar-refractivity contribution is 0.0664. The highest BCUT2D eigenvalue weighted by atomic mass is 19.1. The van der Waals surface area contributed by atoms with Crippen LogP contribution >= 0.6 is 0 Å². The molecule has 3 aromatic carbocycles. The molecule has 0 saturated heterocycles. The van der Waals surface area contributed by atoms with Crippen LogP contribution in [0.2, 0.25) is 0 Å². The molecule has 1 amide bonds. The molecule has 4 rings (SSSR count). The molecule has 1 aliphatic carbocycles. The van der Waals surface area contributed by atoms with Gasteiger partial charge in [-0.3, -0.25) is 4.79 Å². The maximum atomic E-state index is 13.6. The number of ether oxygens (including phenoxy) is 3. The van der Waals surface area contributed by atoms with E-state index in [1.165, 1.54) is 12.1 Å². The summed E-state index contributed by atoms with van der Waals surface area (Å²) in [6, 6.07) is 19.6. The first kappa shape index (κ1) is 23.6. The van der Waals surface area contributed by atoms with Crippen molar-refractivity contribution in [3.05, 3.63) is 89.2 Å². The molecule has 0 atom stereocenters. The van der Waals surface area contributed by atoms with Crippen molar-refractivity contribution in [2.75, 3.05) is 14.2 Å². The van der Waals surface area contributed by atoms with E-state index in [1.807, 2.05) is 29.2 Å². The Labute approximate surface area is 200 Å². The fourth-order valence-electron chi connectivity index (χ4n) is 4.40. The van der Waals surface area contributed by atoms with Crippen LogP contribution in [0.1, 0.15) is 47.2 Å². The summed E-state index contributed by atoms with van der Waals surface area (Å²) in [6.07, 6.45) is 4.25. The van der Waals surface area contributed by atoms with Crippen LogP contribution in [0.25, 0.3) is 0 Å². The Balaban J connectivity index is 1.51. The topological polar surface area (TPSA) is 48.0 Å². The summed E-state index contributed by atoms with van der Waals surface area (Å²) >= 11 is 0. The highest BCUT2D eigenvalue weighted by Crippen LogP contribution is 2.31. The normalized spacial score (nSPS) is 13.5. The van der Waals surface area contributed by atoms with Gasteiger partial charge in [-0.1, -0.05) is 37.1 Å². The Kier molecular flexibility index (Phi) is 7.68. The first-order chi connectivity index (χ1) is 16.6. The second-order valence-electron chi connectivity index (χ2n) is 8.50. The summed E-state index contributed by atoms with van der Waals surface area (Å²) in [7, 11) is 3.15. The van der Waals surface area contributed by atoms with Gasteiger partial charge in [0, 0.05) is 18.2 Å². The average Bonchev–Trinajstić information content (AvgIpc) is 3.41. The van der Waals surface area contributed by atoms with Crippen molar-refractivity contribution >= 4 is 5.91 Å². The second kappa shape index (κ2) is 11.1. The van der Waals surface area contributed by atoms with Crippen LogP contribution in [-0.4, -0.2) is 31.1 Å². The minimum Gasteiger partial charge on any atom is -0.493 e. The van der Waals surface area contributed by atoms with Gasteiger partial charge >= 0.3 is 0 Å². The van der Waals surface area contributed by atoms with Crippen LogP contribution in [0.15, 0.2) is 66.7 Å². The van der Waals surface area contributed by atoms with Crippen LogP contribution < -0.4 is 14.2 Å². The molecule has 0 spiro atoms. The van der Waals surface area contributed by atoms with E-state index < -0.39 is 0 Å². The van der Waals surface area contributed by atoms with Gasteiger partial charge in [-0.2, -0.15) is 0 Å². The number of carbonyl (C=O) groups excluding carboxylic acids is 1. The third-order valence-electron chi connectivity index (χ3n) is 6.23. The Morgan fingerprint density at radius 3 is 2.35 bits per heavy atom. The predicted molar refractivity (Wildman–Crippen MR) is 129 cm³/mol. The molecule has 6 heteroatoms. The van der Waals surface area contributed by atoms with Gasteiger partial charge in [0.05, 0.1) is 14.2 Å². The number of hydrogen-bond acceptors (Lipinski definition) is 4. The molecule has 0 heterocycles. The van der Waals surface area contributed by atoms with Gasteiger partial charge in [-0.15, -0.1) is 0 Å². The first-order valence-electron chi connectivity index (χ1n) is 11.6. The Morgan fingerprint density at radius 1 is 0.912 bits per heavy atom.